The van der Waals surface area contributed by atoms with Crippen molar-refractivity contribution in [1.29, 1.82) is 0 Å². The van der Waals surface area contributed by atoms with E-state index in [0.717, 1.165) is 26.1 Å². The zero-order valence-electron chi connectivity index (χ0n) is 6.49. The molecule has 0 spiro atoms. The Kier molecular flexibility index (Phi) is 1.77. The van der Waals surface area contributed by atoms with E-state index in [1.54, 1.807) is 5.01 Å². The largest absolute Gasteiger partial charge is 0.314 e. The predicted molar refractivity (Wildman–Crippen MR) is 41.9 cm³/mol. The Labute approximate surface area is 65.9 Å². The molecule has 0 aromatic carbocycles. The molecule has 0 unspecified atom stereocenters. The monoisotopic (exact) mass is 155 g/mol. The molecule has 2 atom stereocenters. The quantitative estimate of drug-likeness (QED) is 0.556. The number of rotatable bonds is 1. The topological polar surface area (TPSA) is 44.7 Å². The first kappa shape index (κ1) is 7.03. The van der Waals surface area contributed by atoms with Gasteiger partial charge in [0.1, 0.15) is 0 Å². The number of hydrogen-bond acceptors (Lipinski definition) is 3. The first-order chi connectivity index (χ1) is 5.42. The first-order valence-corrected chi connectivity index (χ1v) is 4.22. The summed E-state index contributed by atoms with van der Waals surface area (Å²) in [6.45, 7) is 2.86. The molecule has 0 saturated carbocycles. The van der Waals surface area contributed by atoms with Crippen LogP contribution in [0.4, 0.5) is 0 Å². The molecule has 11 heavy (non-hydrogen) atoms. The maximum atomic E-state index is 10.4. The van der Waals surface area contributed by atoms with Gasteiger partial charge in [0.15, 0.2) is 0 Å². The van der Waals surface area contributed by atoms with E-state index < -0.39 is 0 Å². The summed E-state index contributed by atoms with van der Waals surface area (Å²) in [6.07, 6.45) is 2.37. The van der Waals surface area contributed by atoms with Gasteiger partial charge in [0, 0.05) is 19.6 Å². The molecule has 0 radical (unpaired) electrons. The molecule has 62 valence electrons. The highest BCUT2D eigenvalue weighted by molar-refractivity contribution is 4.90. The second kappa shape index (κ2) is 2.77. The first-order valence-electron chi connectivity index (χ1n) is 4.22. The Hall–Kier alpha value is -0.640. The van der Waals surface area contributed by atoms with Crippen molar-refractivity contribution in [2.45, 2.75) is 18.9 Å². The van der Waals surface area contributed by atoms with Crippen molar-refractivity contribution in [2.75, 3.05) is 19.6 Å². The Morgan fingerprint density at radius 3 is 3.18 bits per heavy atom. The van der Waals surface area contributed by atoms with Crippen LogP contribution in [0.1, 0.15) is 12.8 Å². The van der Waals surface area contributed by atoms with Crippen LogP contribution in [0.5, 0.6) is 0 Å². The fourth-order valence-corrected chi connectivity index (χ4v) is 2.15. The minimum absolute atomic E-state index is 0.390. The smallest absolute Gasteiger partial charge is 0.0667 e. The minimum atomic E-state index is 0.390. The summed E-state index contributed by atoms with van der Waals surface area (Å²) in [5.74, 6) is 0.668. The number of nitrogens with one attached hydrogen (secondary N) is 1. The summed E-state index contributed by atoms with van der Waals surface area (Å²) in [4.78, 5) is 10.4. The zero-order chi connectivity index (χ0) is 7.68. The van der Waals surface area contributed by atoms with Gasteiger partial charge in [-0.2, -0.15) is 0 Å². The van der Waals surface area contributed by atoms with E-state index >= 15 is 0 Å². The van der Waals surface area contributed by atoms with Crippen molar-refractivity contribution in [3.63, 3.8) is 0 Å². The summed E-state index contributed by atoms with van der Waals surface area (Å²) in [7, 11) is 0. The SMILES string of the molecule is O=NN1CCC[C@@H]2CNC[C@@H]21. The fourth-order valence-electron chi connectivity index (χ4n) is 2.15. The van der Waals surface area contributed by atoms with Crippen molar-refractivity contribution in [1.82, 2.24) is 10.3 Å². The van der Waals surface area contributed by atoms with Crippen LogP contribution in [-0.2, 0) is 0 Å². The molecular formula is C7H13N3O. The van der Waals surface area contributed by atoms with Gasteiger partial charge in [0.25, 0.3) is 0 Å². The Bertz CT molecular complexity index is 162. The van der Waals surface area contributed by atoms with Crippen LogP contribution >= 0.6 is 0 Å². The summed E-state index contributed by atoms with van der Waals surface area (Å²) in [6, 6.07) is 0.390. The molecule has 4 heteroatoms. The third-order valence-electron chi connectivity index (χ3n) is 2.75. The van der Waals surface area contributed by atoms with Gasteiger partial charge in [-0.05, 0) is 18.8 Å². The van der Waals surface area contributed by atoms with Crippen LogP contribution in [0, 0.1) is 10.8 Å². The number of nitroso groups, excluding NO2 is 1. The second-order valence-electron chi connectivity index (χ2n) is 3.37. The lowest BCUT2D eigenvalue weighted by Crippen LogP contribution is -2.41. The standard InChI is InChI=1S/C7H13N3O/c11-9-10-3-1-2-6-4-8-5-7(6)10/h6-8H,1-5H2/t6-,7+/m1/s1. The molecule has 2 rings (SSSR count). The van der Waals surface area contributed by atoms with Crippen molar-refractivity contribution >= 4 is 0 Å². The molecular weight excluding hydrogens is 142 g/mol. The average Bonchev–Trinajstić information content (AvgIpc) is 2.50. The molecule has 2 aliphatic heterocycles. The normalized spacial score (nSPS) is 36.9. The third-order valence-corrected chi connectivity index (χ3v) is 2.75. The van der Waals surface area contributed by atoms with Crippen molar-refractivity contribution < 1.29 is 0 Å². The second-order valence-corrected chi connectivity index (χ2v) is 3.37. The van der Waals surface area contributed by atoms with E-state index in [9.17, 15) is 4.91 Å². The summed E-state index contributed by atoms with van der Waals surface area (Å²) in [5.41, 5.74) is 0. The zero-order valence-corrected chi connectivity index (χ0v) is 6.49. The van der Waals surface area contributed by atoms with E-state index in [0.29, 0.717) is 12.0 Å². The van der Waals surface area contributed by atoms with Crippen molar-refractivity contribution in [2.24, 2.45) is 11.2 Å². The van der Waals surface area contributed by atoms with Gasteiger partial charge >= 0.3 is 0 Å². The average molecular weight is 155 g/mol. The van der Waals surface area contributed by atoms with E-state index in [4.69, 9.17) is 0 Å². The Morgan fingerprint density at radius 2 is 2.36 bits per heavy atom. The maximum Gasteiger partial charge on any atom is 0.0667 e. The summed E-state index contributed by atoms with van der Waals surface area (Å²) < 4.78 is 0. The Morgan fingerprint density at radius 1 is 1.45 bits per heavy atom. The summed E-state index contributed by atoms with van der Waals surface area (Å²) >= 11 is 0. The minimum Gasteiger partial charge on any atom is -0.314 e. The lowest BCUT2D eigenvalue weighted by atomic mass is 9.93. The van der Waals surface area contributed by atoms with Crippen LogP contribution in [-0.4, -0.2) is 30.7 Å². The van der Waals surface area contributed by atoms with Gasteiger partial charge in [0.05, 0.1) is 11.3 Å². The van der Waals surface area contributed by atoms with Crippen LogP contribution in [0.25, 0.3) is 0 Å². The highest BCUT2D eigenvalue weighted by Gasteiger charge is 2.35. The molecule has 1 N–H and O–H groups in total. The van der Waals surface area contributed by atoms with Gasteiger partial charge in [-0.3, -0.25) is 5.01 Å². The highest BCUT2D eigenvalue weighted by Crippen LogP contribution is 2.25. The van der Waals surface area contributed by atoms with E-state index in [1.165, 1.54) is 6.42 Å². The van der Waals surface area contributed by atoms with E-state index in [2.05, 4.69) is 10.6 Å². The van der Waals surface area contributed by atoms with E-state index in [1.807, 2.05) is 0 Å². The van der Waals surface area contributed by atoms with E-state index in [-0.39, 0.29) is 0 Å². The molecule has 0 aromatic heterocycles. The van der Waals surface area contributed by atoms with Gasteiger partial charge in [-0.25, -0.2) is 0 Å². The molecule has 2 heterocycles. The van der Waals surface area contributed by atoms with Crippen molar-refractivity contribution in [3.8, 4) is 0 Å². The van der Waals surface area contributed by atoms with Crippen molar-refractivity contribution in [3.05, 3.63) is 4.91 Å². The third kappa shape index (κ3) is 1.11. The highest BCUT2D eigenvalue weighted by atomic mass is 16.3. The summed E-state index contributed by atoms with van der Waals surface area (Å²) in [5, 5.41) is 8.02. The molecule has 0 aromatic rings. The van der Waals surface area contributed by atoms with Gasteiger partial charge < -0.3 is 5.32 Å². The molecule has 0 aliphatic carbocycles. The Balaban J connectivity index is 2.06. The van der Waals surface area contributed by atoms with Crippen LogP contribution in [0.2, 0.25) is 0 Å². The molecule has 2 saturated heterocycles. The predicted octanol–water partition coefficient (Wildman–Crippen LogP) is 0.352. The van der Waals surface area contributed by atoms with Crippen LogP contribution < -0.4 is 5.32 Å². The molecule has 0 bridgehead atoms. The molecule has 2 aliphatic rings. The van der Waals surface area contributed by atoms with Gasteiger partial charge in [-0.1, -0.05) is 0 Å². The molecule has 4 nitrogen and oxygen atoms in total. The van der Waals surface area contributed by atoms with Gasteiger partial charge in [0.2, 0.25) is 0 Å². The number of piperidine rings is 1. The molecule has 2 fully saturated rings. The number of nitrogens with zero attached hydrogens (tertiary/aromatic N) is 2. The lowest BCUT2D eigenvalue weighted by molar-refractivity contribution is 0.128. The number of fused-ring (bicyclic) bond motifs is 1. The number of hydrogen-bond donors (Lipinski definition) is 1. The fraction of sp³-hybridized carbons (Fsp3) is 1.00. The maximum absolute atomic E-state index is 10.4. The van der Waals surface area contributed by atoms with Gasteiger partial charge in [-0.15, -0.1) is 4.91 Å². The molecule has 0 amide bonds. The lowest BCUT2D eigenvalue weighted by Gasteiger charge is -2.31. The van der Waals surface area contributed by atoms with Crippen LogP contribution in [0.3, 0.4) is 0 Å². The van der Waals surface area contributed by atoms with Crippen LogP contribution in [0.15, 0.2) is 5.29 Å².